The third-order valence-corrected chi connectivity index (χ3v) is 5.50. The van der Waals surface area contributed by atoms with E-state index in [1.54, 1.807) is 30.3 Å². The number of rotatable bonds is 3. The largest absolute Gasteiger partial charge is 0.480 e. The molecule has 1 heterocycles. The zero-order valence-corrected chi connectivity index (χ0v) is 13.2. The van der Waals surface area contributed by atoms with Gasteiger partial charge in [0.05, 0.1) is 10.6 Å². The van der Waals surface area contributed by atoms with E-state index in [0.717, 1.165) is 0 Å². The van der Waals surface area contributed by atoms with Crippen molar-refractivity contribution >= 4 is 15.5 Å². The minimum absolute atomic E-state index is 0.0301. The van der Waals surface area contributed by atoms with Crippen molar-refractivity contribution in [2.75, 3.05) is 5.73 Å². The Morgan fingerprint density at radius 2 is 1.83 bits per heavy atom. The van der Waals surface area contributed by atoms with Crippen molar-refractivity contribution in [1.82, 2.24) is 0 Å². The summed E-state index contributed by atoms with van der Waals surface area (Å²) in [5.74, 6) is -0.440. The fourth-order valence-corrected chi connectivity index (χ4v) is 4.32. The fourth-order valence-electron chi connectivity index (χ4n) is 2.66. The number of nitrogens with two attached hydrogens (primary N) is 1. The molecule has 0 amide bonds. The third kappa shape index (κ3) is 3.19. The van der Waals surface area contributed by atoms with Crippen LogP contribution in [-0.4, -0.2) is 20.7 Å². The molecule has 1 aliphatic heterocycles. The molecule has 4 nitrogen and oxygen atoms in total. The maximum atomic E-state index is 12.9. The van der Waals surface area contributed by atoms with Crippen LogP contribution in [0.25, 0.3) is 0 Å². The quantitative estimate of drug-likeness (QED) is 0.857. The number of ether oxygens (including phenoxy) is 1. The summed E-state index contributed by atoms with van der Waals surface area (Å²) in [5.41, 5.74) is 6.27. The van der Waals surface area contributed by atoms with Crippen molar-refractivity contribution in [2.24, 2.45) is 0 Å². The summed E-state index contributed by atoms with van der Waals surface area (Å²) < 4.78 is 68.9. The van der Waals surface area contributed by atoms with Crippen LogP contribution in [0.15, 0.2) is 47.4 Å². The van der Waals surface area contributed by atoms with Crippen LogP contribution in [0.5, 0.6) is 5.75 Å². The van der Waals surface area contributed by atoms with Gasteiger partial charge in [0, 0.05) is 23.7 Å². The number of alkyl halides is 3. The molecule has 2 N–H and O–H groups in total. The van der Waals surface area contributed by atoms with E-state index in [2.05, 4.69) is 0 Å². The smallest absolute Gasteiger partial charge is 0.425 e. The Hall–Kier alpha value is -2.22. The second-order valence-electron chi connectivity index (χ2n) is 5.59. The summed E-state index contributed by atoms with van der Waals surface area (Å²) >= 11 is 0. The normalized spacial score (nSPS) is 17.4. The number of benzene rings is 2. The molecule has 0 aliphatic carbocycles. The first-order valence-electron chi connectivity index (χ1n) is 7.09. The molecule has 0 aromatic heterocycles. The predicted molar refractivity (Wildman–Crippen MR) is 82.4 cm³/mol. The van der Waals surface area contributed by atoms with Gasteiger partial charge in [-0.3, -0.25) is 0 Å². The number of hydrogen-bond donors (Lipinski definition) is 1. The van der Waals surface area contributed by atoms with Crippen molar-refractivity contribution in [3.63, 3.8) is 0 Å². The van der Waals surface area contributed by atoms with Crippen LogP contribution >= 0.6 is 0 Å². The summed E-state index contributed by atoms with van der Waals surface area (Å²) in [6.45, 7) is 0. The van der Waals surface area contributed by atoms with E-state index in [0.29, 0.717) is 5.56 Å². The van der Waals surface area contributed by atoms with Gasteiger partial charge in [0.15, 0.2) is 15.9 Å². The van der Waals surface area contributed by atoms with Gasteiger partial charge in [-0.25, -0.2) is 8.42 Å². The maximum Gasteiger partial charge on any atom is 0.425 e. The first-order valence-corrected chi connectivity index (χ1v) is 8.74. The SMILES string of the molecule is Nc1cc2c(c(S(=O)(=O)Cc3ccccc3)c1)CC(C(F)(F)F)O2. The van der Waals surface area contributed by atoms with Crippen molar-refractivity contribution in [2.45, 2.75) is 29.3 Å². The van der Waals surface area contributed by atoms with Gasteiger partial charge >= 0.3 is 6.18 Å². The highest BCUT2D eigenvalue weighted by molar-refractivity contribution is 7.90. The second kappa shape index (κ2) is 5.70. The summed E-state index contributed by atoms with van der Waals surface area (Å²) in [6, 6.07) is 10.8. The van der Waals surface area contributed by atoms with Crippen LogP contribution < -0.4 is 10.5 Å². The van der Waals surface area contributed by atoms with Gasteiger partial charge < -0.3 is 10.5 Å². The van der Waals surface area contributed by atoms with Gasteiger partial charge in [-0.15, -0.1) is 0 Å². The van der Waals surface area contributed by atoms with Crippen molar-refractivity contribution in [1.29, 1.82) is 0 Å². The molecule has 1 unspecified atom stereocenters. The highest BCUT2D eigenvalue weighted by Gasteiger charge is 2.47. The minimum Gasteiger partial charge on any atom is -0.480 e. The standard InChI is InChI=1S/C16H14F3NO3S/c17-16(18,19)15-8-12-13(23-15)6-11(20)7-14(12)24(21,22)9-10-4-2-1-3-5-10/h1-7,15H,8-9,20H2. The fraction of sp³-hybridized carbons (Fsp3) is 0.250. The molecule has 0 bridgehead atoms. The van der Waals surface area contributed by atoms with Gasteiger partial charge in [-0.2, -0.15) is 13.2 Å². The van der Waals surface area contributed by atoms with E-state index >= 15 is 0 Å². The van der Waals surface area contributed by atoms with Crippen LogP contribution in [0.4, 0.5) is 18.9 Å². The zero-order chi connectivity index (χ0) is 17.5. The summed E-state index contributed by atoms with van der Waals surface area (Å²) in [4.78, 5) is -0.201. The molecule has 24 heavy (non-hydrogen) atoms. The topological polar surface area (TPSA) is 69.4 Å². The summed E-state index contributed by atoms with van der Waals surface area (Å²) in [5, 5.41) is 0. The van der Waals surface area contributed by atoms with E-state index in [1.807, 2.05) is 0 Å². The van der Waals surface area contributed by atoms with Crippen molar-refractivity contribution in [3.8, 4) is 5.75 Å². The average Bonchev–Trinajstić information content (AvgIpc) is 2.90. The number of anilines is 1. The highest BCUT2D eigenvalue weighted by atomic mass is 32.2. The van der Waals surface area contributed by atoms with Gasteiger partial charge in [0.2, 0.25) is 0 Å². The lowest BCUT2D eigenvalue weighted by Crippen LogP contribution is -2.32. The Balaban J connectivity index is 2.01. The monoisotopic (exact) mass is 357 g/mol. The summed E-state index contributed by atoms with van der Waals surface area (Å²) in [6.07, 6.45) is -7.17. The lowest BCUT2D eigenvalue weighted by atomic mass is 10.1. The molecular formula is C16H14F3NO3S. The molecular weight excluding hydrogens is 343 g/mol. The predicted octanol–water partition coefficient (Wildman–Crippen LogP) is 3.11. The van der Waals surface area contributed by atoms with Gasteiger partial charge in [0.1, 0.15) is 5.75 Å². The molecule has 1 atom stereocenters. The minimum atomic E-state index is -4.58. The van der Waals surface area contributed by atoms with Gasteiger partial charge in [-0.05, 0) is 11.6 Å². The molecule has 0 radical (unpaired) electrons. The van der Waals surface area contributed by atoms with Crippen molar-refractivity contribution in [3.05, 3.63) is 53.6 Å². The van der Waals surface area contributed by atoms with Crippen LogP contribution in [-0.2, 0) is 22.0 Å². The first-order chi connectivity index (χ1) is 11.2. The Morgan fingerprint density at radius 3 is 2.46 bits per heavy atom. The van der Waals surface area contributed by atoms with Crippen molar-refractivity contribution < 1.29 is 26.3 Å². The molecule has 3 rings (SSSR count). The van der Waals surface area contributed by atoms with Crippen LogP contribution in [0.2, 0.25) is 0 Å². The lowest BCUT2D eigenvalue weighted by molar-refractivity contribution is -0.189. The molecule has 0 spiro atoms. The van der Waals surface area contributed by atoms with E-state index in [9.17, 15) is 21.6 Å². The molecule has 2 aromatic rings. The summed E-state index contributed by atoms with van der Waals surface area (Å²) in [7, 11) is -3.86. The molecule has 0 saturated carbocycles. The van der Waals surface area contributed by atoms with Crippen LogP contribution in [0.3, 0.4) is 0 Å². The highest BCUT2D eigenvalue weighted by Crippen LogP contribution is 2.41. The molecule has 1 aliphatic rings. The lowest BCUT2D eigenvalue weighted by Gasteiger charge is -2.13. The van der Waals surface area contributed by atoms with E-state index in [1.165, 1.54) is 12.1 Å². The Kier molecular flexibility index (Phi) is 3.95. The van der Waals surface area contributed by atoms with Gasteiger partial charge in [-0.1, -0.05) is 30.3 Å². The van der Waals surface area contributed by atoms with E-state index < -0.39 is 28.5 Å². The Morgan fingerprint density at radius 1 is 1.17 bits per heavy atom. The van der Waals surface area contributed by atoms with Crippen LogP contribution in [0.1, 0.15) is 11.1 Å². The Labute approximate surface area is 137 Å². The third-order valence-electron chi connectivity index (χ3n) is 3.75. The second-order valence-corrected chi connectivity index (χ2v) is 7.55. The average molecular weight is 357 g/mol. The first kappa shape index (κ1) is 16.6. The van der Waals surface area contributed by atoms with Gasteiger partial charge in [0.25, 0.3) is 0 Å². The molecule has 0 fully saturated rings. The number of sulfone groups is 1. The number of hydrogen-bond acceptors (Lipinski definition) is 4. The molecule has 8 heteroatoms. The van der Waals surface area contributed by atoms with Crippen LogP contribution in [0, 0.1) is 0 Å². The van der Waals surface area contributed by atoms with E-state index in [4.69, 9.17) is 10.5 Å². The van der Waals surface area contributed by atoms with E-state index in [-0.39, 0.29) is 27.6 Å². The number of nitrogen functional groups attached to an aromatic ring is 1. The Bertz CT molecular complexity index is 864. The zero-order valence-electron chi connectivity index (χ0n) is 12.4. The number of fused-ring (bicyclic) bond motifs is 1. The molecule has 128 valence electrons. The molecule has 0 saturated heterocycles. The maximum absolute atomic E-state index is 12.9. The number of halogens is 3. The molecule has 2 aromatic carbocycles.